The van der Waals surface area contributed by atoms with Crippen molar-refractivity contribution in [1.29, 1.82) is 0 Å². The zero-order chi connectivity index (χ0) is 20.6. The zero-order valence-electron chi connectivity index (χ0n) is 16.2. The number of carbonyl (C=O) groups is 3. The molecule has 27 heavy (non-hydrogen) atoms. The highest BCUT2D eigenvalue weighted by Gasteiger charge is 2.51. The summed E-state index contributed by atoms with van der Waals surface area (Å²) in [6, 6.07) is 0. The minimum absolute atomic E-state index is 0.0172. The van der Waals surface area contributed by atoms with E-state index in [0.717, 1.165) is 0 Å². The molecular formula is C16H27O10P. The molecule has 10 nitrogen and oxygen atoms in total. The maximum Gasteiger partial charge on any atom is 0.330 e. The summed E-state index contributed by atoms with van der Waals surface area (Å²) in [6.45, 7) is 7.29. The van der Waals surface area contributed by atoms with Crippen LogP contribution in [0.2, 0.25) is 0 Å². The Morgan fingerprint density at radius 2 is 1.33 bits per heavy atom. The van der Waals surface area contributed by atoms with Crippen molar-refractivity contribution in [2.24, 2.45) is 0 Å². The van der Waals surface area contributed by atoms with Crippen molar-refractivity contribution in [2.45, 2.75) is 65.6 Å². The van der Waals surface area contributed by atoms with Crippen LogP contribution in [-0.4, -0.2) is 61.9 Å². The number of ether oxygens (including phenoxy) is 4. The van der Waals surface area contributed by atoms with E-state index in [1.54, 1.807) is 13.8 Å². The van der Waals surface area contributed by atoms with Crippen LogP contribution in [0.25, 0.3) is 0 Å². The Morgan fingerprint density at radius 3 is 1.78 bits per heavy atom. The molecule has 1 aliphatic heterocycles. The van der Waals surface area contributed by atoms with Crippen molar-refractivity contribution >= 4 is 25.5 Å². The van der Waals surface area contributed by atoms with Crippen LogP contribution >= 0.6 is 7.60 Å². The van der Waals surface area contributed by atoms with Crippen LogP contribution in [0, 0.1) is 0 Å². The number of rotatable bonds is 10. The fourth-order valence-electron chi connectivity index (χ4n) is 2.68. The number of carbonyl (C=O) groups excluding carboxylic acids is 3. The molecule has 0 aromatic heterocycles. The monoisotopic (exact) mass is 410 g/mol. The van der Waals surface area contributed by atoms with Gasteiger partial charge in [0.1, 0.15) is 6.10 Å². The van der Waals surface area contributed by atoms with Gasteiger partial charge >= 0.3 is 25.5 Å². The van der Waals surface area contributed by atoms with Crippen molar-refractivity contribution in [3.63, 3.8) is 0 Å². The minimum Gasteiger partial charge on any atom is -0.456 e. The molecule has 1 unspecified atom stereocenters. The molecule has 0 aliphatic carbocycles. The molecule has 1 fully saturated rings. The average molecular weight is 410 g/mol. The summed E-state index contributed by atoms with van der Waals surface area (Å²) in [7, 11) is -3.36. The molecule has 0 radical (unpaired) electrons. The second-order valence-electron chi connectivity index (χ2n) is 5.76. The Labute approximate surface area is 158 Å². The van der Waals surface area contributed by atoms with Gasteiger partial charge in [-0.2, -0.15) is 0 Å². The zero-order valence-corrected chi connectivity index (χ0v) is 17.1. The first-order chi connectivity index (χ1) is 12.6. The molecule has 0 amide bonds. The quantitative estimate of drug-likeness (QED) is 0.299. The van der Waals surface area contributed by atoms with Crippen LogP contribution in [0.5, 0.6) is 0 Å². The lowest BCUT2D eigenvalue weighted by atomic mass is 10.1. The lowest BCUT2D eigenvalue weighted by molar-refractivity contribution is -0.195. The van der Waals surface area contributed by atoms with Gasteiger partial charge in [0.2, 0.25) is 12.4 Å². The summed E-state index contributed by atoms with van der Waals surface area (Å²) in [6.07, 6.45) is -4.18. The highest BCUT2D eigenvalue weighted by Crippen LogP contribution is 2.49. The minimum atomic E-state index is -3.36. The molecule has 0 saturated carbocycles. The maximum atomic E-state index is 12.6. The summed E-state index contributed by atoms with van der Waals surface area (Å²) in [4.78, 5) is 34.2. The van der Waals surface area contributed by atoms with Gasteiger partial charge in [-0.15, -0.1) is 0 Å². The number of esters is 3. The molecule has 1 rings (SSSR count). The van der Waals surface area contributed by atoms with E-state index in [1.807, 2.05) is 0 Å². The molecule has 4 atom stereocenters. The second-order valence-corrected chi connectivity index (χ2v) is 7.94. The van der Waals surface area contributed by atoms with E-state index in [4.69, 9.17) is 28.0 Å². The first-order valence-electron chi connectivity index (χ1n) is 8.67. The molecular weight excluding hydrogens is 383 g/mol. The van der Waals surface area contributed by atoms with Crippen LogP contribution in [0.4, 0.5) is 0 Å². The lowest BCUT2D eigenvalue weighted by Crippen LogP contribution is -2.41. The fraction of sp³-hybridized carbons (Fsp3) is 0.812. The number of hydrogen-bond acceptors (Lipinski definition) is 10. The highest BCUT2D eigenvalue weighted by molar-refractivity contribution is 7.53. The standard InChI is InChI=1S/C16H27O10P/c1-6-21-27(20,22-7-2)9-8-13-14(23-10(3)17)15(24-11(4)18)16(26-13)25-12(5)19/h13-16H,6-9H2,1-5H3/t13-,14-,15-,16?/m1/s1. The van der Waals surface area contributed by atoms with E-state index < -0.39 is 50.1 Å². The van der Waals surface area contributed by atoms with Crippen LogP contribution in [0.3, 0.4) is 0 Å². The topological polar surface area (TPSA) is 124 Å². The number of hydrogen-bond donors (Lipinski definition) is 0. The highest BCUT2D eigenvalue weighted by atomic mass is 31.2. The Balaban J connectivity index is 2.99. The molecule has 0 N–H and O–H groups in total. The van der Waals surface area contributed by atoms with E-state index in [-0.39, 0.29) is 25.8 Å². The molecule has 0 aromatic rings. The van der Waals surface area contributed by atoms with Crippen molar-refractivity contribution in [1.82, 2.24) is 0 Å². The molecule has 0 bridgehead atoms. The van der Waals surface area contributed by atoms with Crippen molar-refractivity contribution in [3.05, 3.63) is 0 Å². The van der Waals surface area contributed by atoms with Gasteiger partial charge < -0.3 is 28.0 Å². The third kappa shape index (κ3) is 7.57. The average Bonchev–Trinajstić information content (AvgIpc) is 2.81. The first-order valence-corrected chi connectivity index (χ1v) is 10.4. The Morgan fingerprint density at radius 1 is 0.852 bits per heavy atom. The fourth-order valence-corrected chi connectivity index (χ4v) is 4.37. The van der Waals surface area contributed by atoms with E-state index in [2.05, 4.69) is 0 Å². The van der Waals surface area contributed by atoms with Gasteiger partial charge in [0.25, 0.3) is 0 Å². The predicted molar refractivity (Wildman–Crippen MR) is 91.9 cm³/mol. The maximum absolute atomic E-state index is 12.6. The molecule has 1 aliphatic rings. The van der Waals surface area contributed by atoms with Gasteiger partial charge in [-0.05, 0) is 20.3 Å². The smallest absolute Gasteiger partial charge is 0.330 e. The Kier molecular flexibility index (Phi) is 9.38. The Bertz CT molecular complexity index is 568. The van der Waals surface area contributed by atoms with E-state index in [1.165, 1.54) is 20.8 Å². The van der Waals surface area contributed by atoms with Crippen molar-refractivity contribution < 1.29 is 46.9 Å². The lowest BCUT2D eigenvalue weighted by Gasteiger charge is -2.23. The van der Waals surface area contributed by atoms with E-state index >= 15 is 0 Å². The van der Waals surface area contributed by atoms with E-state index in [9.17, 15) is 18.9 Å². The van der Waals surface area contributed by atoms with Gasteiger partial charge in [0.05, 0.1) is 19.4 Å². The van der Waals surface area contributed by atoms with Crippen LogP contribution in [-0.2, 0) is 46.9 Å². The summed E-state index contributed by atoms with van der Waals surface area (Å²) >= 11 is 0. The first kappa shape index (κ1) is 23.6. The SMILES string of the molecule is CCOP(=O)(CC[C@H]1OC(OC(C)=O)[C@H](OC(C)=O)[C@@H]1OC(C)=O)OCC. The normalized spacial score (nSPS) is 25.1. The third-order valence-electron chi connectivity index (χ3n) is 3.49. The molecule has 0 spiro atoms. The largest absolute Gasteiger partial charge is 0.456 e. The van der Waals surface area contributed by atoms with Gasteiger partial charge in [0, 0.05) is 20.8 Å². The van der Waals surface area contributed by atoms with Gasteiger partial charge in [0.15, 0.2) is 6.10 Å². The molecule has 0 aromatic carbocycles. The van der Waals surface area contributed by atoms with Crippen LogP contribution < -0.4 is 0 Å². The summed E-state index contributed by atoms with van der Waals surface area (Å²) in [5, 5.41) is 0. The summed E-state index contributed by atoms with van der Waals surface area (Å²) in [5.41, 5.74) is 0. The second kappa shape index (κ2) is 10.8. The van der Waals surface area contributed by atoms with Crippen LogP contribution in [0.15, 0.2) is 0 Å². The summed E-state index contributed by atoms with van der Waals surface area (Å²) < 4.78 is 44.1. The molecule has 156 valence electrons. The van der Waals surface area contributed by atoms with Gasteiger partial charge in [-0.3, -0.25) is 18.9 Å². The van der Waals surface area contributed by atoms with Gasteiger partial charge in [-0.25, -0.2) is 0 Å². The molecule has 11 heteroatoms. The van der Waals surface area contributed by atoms with Crippen molar-refractivity contribution in [3.8, 4) is 0 Å². The van der Waals surface area contributed by atoms with Crippen molar-refractivity contribution in [2.75, 3.05) is 19.4 Å². The Hall–Kier alpha value is -1.48. The van der Waals surface area contributed by atoms with Crippen LogP contribution in [0.1, 0.15) is 41.0 Å². The summed E-state index contributed by atoms with van der Waals surface area (Å²) in [5.74, 6) is -1.95. The van der Waals surface area contributed by atoms with Gasteiger partial charge in [-0.1, -0.05) is 0 Å². The third-order valence-corrected chi connectivity index (χ3v) is 5.60. The predicted octanol–water partition coefficient (Wildman–Crippen LogP) is 1.79. The molecule has 1 saturated heterocycles. The van der Waals surface area contributed by atoms with E-state index in [0.29, 0.717) is 0 Å². The molecule has 1 heterocycles.